The maximum atomic E-state index is 12.4. The van der Waals surface area contributed by atoms with Crippen LogP contribution in [0.3, 0.4) is 0 Å². The molecule has 3 rings (SSSR count). The molecule has 0 unspecified atom stereocenters. The molecule has 172 valence electrons. The van der Waals surface area contributed by atoms with Crippen molar-refractivity contribution in [1.82, 2.24) is 19.9 Å². The molecule has 1 atom stereocenters. The first-order valence-electron chi connectivity index (χ1n) is 10.1. The molecule has 3 heterocycles. The number of hydrogen-bond acceptors (Lipinski definition) is 9. The van der Waals surface area contributed by atoms with E-state index in [1.54, 1.807) is 4.90 Å². The summed E-state index contributed by atoms with van der Waals surface area (Å²) in [4.78, 5) is 40.6. The van der Waals surface area contributed by atoms with Crippen molar-refractivity contribution in [1.29, 1.82) is 0 Å². The van der Waals surface area contributed by atoms with Crippen LogP contribution in [0, 0.1) is 0 Å². The molecule has 11 heteroatoms. The van der Waals surface area contributed by atoms with Gasteiger partial charge in [-0.2, -0.15) is 0 Å². The largest absolute Gasteiger partial charge is 0.465 e. The summed E-state index contributed by atoms with van der Waals surface area (Å²) < 4.78 is 15.8. The molecule has 0 aliphatic carbocycles. The number of nitrogens with zero attached hydrogens (tertiary/aromatic N) is 5. The van der Waals surface area contributed by atoms with Gasteiger partial charge in [-0.05, 0) is 33.8 Å². The minimum absolute atomic E-state index is 0.0643. The van der Waals surface area contributed by atoms with Crippen LogP contribution >= 0.6 is 11.6 Å². The maximum Gasteiger partial charge on any atom is 0.410 e. The van der Waals surface area contributed by atoms with Gasteiger partial charge in [0.15, 0.2) is 5.75 Å². The summed E-state index contributed by atoms with van der Waals surface area (Å²) in [5.41, 5.74) is -0.320. The third-order valence-electron chi connectivity index (χ3n) is 4.57. The highest BCUT2D eigenvalue weighted by Gasteiger charge is 2.31. The molecule has 0 saturated carbocycles. The van der Waals surface area contributed by atoms with Crippen LogP contribution in [0.15, 0.2) is 24.5 Å². The van der Waals surface area contributed by atoms with Crippen LogP contribution in [0.25, 0.3) is 0 Å². The average molecular weight is 464 g/mol. The smallest absolute Gasteiger partial charge is 0.410 e. The van der Waals surface area contributed by atoms with Crippen molar-refractivity contribution in [2.75, 3.05) is 31.6 Å². The number of amides is 1. The van der Waals surface area contributed by atoms with E-state index >= 15 is 0 Å². The first kappa shape index (κ1) is 23.5. The summed E-state index contributed by atoms with van der Waals surface area (Å²) in [5.74, 6) is 0.418. The Balaban J connectivity index is 1.64. The first-order valence-corrected chi connectivity index (χ1v) is 10.4. The number of methoxy groups -OCH3 is 1. The summed E-state index contributed by atoms with van der Waals surface area (Å²) in [6.07, 6.45) is 2.69. The van der Waals surface area contributed by atoms with Gasteiger partial charge in [-0.3, -0.25) is 0 Å². The molecule has 10 nitrogen and oxygen atoms in total. The van der Waals surface area contributed by atoms with Gasteiger partial charge < -0.3 is 24.0 Å². The van der Waals surface area contributed by atoms with Gasteiger partial charge in [0.1, 0.15) is 10.8 Å². The Hall–Kier alpha value is -3.14. The molecule has 0 bridgehead atoms. The second-order valence-corrected chi connectivity index (χ2v) is 8.69. The van der Waals surface area contributed by atoms with E-state index in [1.807, 2.05) is 32.6 Å². The molecule has 1 aliphatic heterocycles. The third-order valence-corrected chi connectivity index (χ3v) is 4.76. The number of piperazine rings is 1. The molecule has 2 aromatic heterocycles. The van der Waals surface area contributed by atoms with E-state index in [0.717, 1.165) is 0 Å². The molecule has 1 saturated heterocycles. The number of carbonyl (C=O) groups excluding carboxylic acids is 2. The van der Waals surface area contributed by atoms with Crippen LogP contribution in [-0.2, 0) is 9.47 Å². The fourth-order valence-corrected chi connectivity index (χ4v) is 3.34. The quantitative estimate of drug-likeness (QED) is 0.496. The highest BCUT2D eigenvalue weighted by atomic mass is 35.5. The second kappa shape index (κ2) is 9.56. The molecular weight excluding hydrogens is 438 g/mol. The minimum atomic E-state index is -0.551. The van der Waals surface area contributed by atoms with Crippen molar-refractivity contribution < 1.29 is 23.8 Å². The zero-order valence-electron chi connectivity index (χ0n) is 18.7. The number of carbonyl (C=O) groups is 2. The molecule has 32 heavy (non-hydrogen) atoms. The van der Waals surface area contributed by atoms with E-state index in [0.29, 0.717) is 31.3 Å². The van der Waals surface area contributed by atoms with Crippen molar-refractivity contribution in [3.05, 3.63) is 35.2 Å². The van der Waals surface area contributed by atoms with Crippen LogP contribution < -0.4 is 9.64 Å². The van der Waals surface area contributed by atoms with E-state index in [-0.39, 0.29) is 28.7 Å². The number of pyridine rings is 1. The lowest BCUT2D eigenvalue weighted by molar-refractivity contribution is 0.0158. The number of halogens is 1. The van der Waals surface area contributed by atoms with Gasteiger partial charge in [-0.1, -0.05) is 11.6 Å². The summed E-state index contributed by atoms with van der Waals surface area (Å²) in [5, 5.41) is 0.0947. The Labute approximate surface area is 191 Å². The Morgan fingerprint density at radius 2 is 1.84 bits per heavy atom. The monoisotopic (exact) mass is 463 g/mol. The number of esters is 1. The van der Waals surface area contributed by atoms with E-state index in [4.69, 9.17) is 25.8 Å². The van der Waals surface area contributed by atoms with Gasteiger partial charge in [0.2, 0.25) is 11.8 Å². The van der Waals surface area contributed by atoms with Gasteiger partial charge in [-0.25, -0.2) is 24.5 Å². The first-order chi connectivity index (χ1) is 15.1. The highest BCUT2D eigenvalue weighted by molar-refractivity contribution is 6.29. The number of ether oxygens (including phenoxy) is 3. The number of anilines is 1. The summed E-state index contributed by atoms with van der Waals surface area (Å²) in [7, 11) is 1.28. The maximum absolute atomic E-state index is 12.4. The normalized spacial score (nSPS) is 16.5. The standard InChI is InChI=1S/C21H26ClN5O5/c1-13-12-26(6-7-27(13)20(29)32-21(2,3)4)19-23-10-15(11-24-19)31-17-9-14(18(28)30-5)8-16(22)25-17/h8-11,13H,6-7,12H2,1-5H3/t13-/m0/s1. The topological polar surface area (TPSA) is 107 Å². The molecule has 2 aromatic rings. The average Bonchev–Trinajstić information content (AvgIpc) is 2.72. The molecular formula is C21H26ClN5O5. The predicted molar refractivity (Wildman–Crippen MR) is 117 cm³/mol. The van der Waals surface area contributed by atoms with Crippen LogP contribution in [0.1, 0.15) is 38.1 Å². The Bertz CT molecular complexity index is 980. The van der Waals surface area contributed by atoms with Crippen molar-refractivity contribution in [3.63, 3.8) is 0 Å². The van der Waals surface area contributed by atoms with Gasteiger partial charge in [0.05, 0.1) is 25.1 Å². The Morgan fingerprint density at radius 3 is 2.44 bits per heavy atom. The summed E-state index contributed by atoms with van der Waals surface area (Å²) in [6.45, 7) is 9.13. The van der Waals surface area contributed by atoms with Crippen LogP contribution in [0.4, 0.5) is 10.7 Å². The molecule has 0 aromatic carbocycles. The van der Waals surface area contributed by atoms with Gasteiger partial charge in [0, 0.05) is 31.7 Å². The van der Waals surface area contributed by atoms with Crippen LogP contribution in [0.5, 0.6) is 11.6 Å². The van der Waals surface area contributed by atoms with Gasteiger partial charge in [-0.15, -0.1) is 0 Å². The van der Waals surface area contributed by atoms with Crippen LogP contribution in [-0.4, -0.2) is 70.3 Å². The lowest BCUT2D eigenvalue weighted by Gasteiger charge is -2.40. The van der Waals surface area contributed by atoms with Gasteiger partial charge in [0.25, 0.3) is 0 Å². The Kier molecular flexibility index (Phi) is 7.02. The Morgan fingerprint density at radius 1 is 1.16 bits per heavy atom. The van der Waals surface area contributed by atoms with Crippen molar-refractivity contribution in [3.8, 4) is 11.6 Å². The lowest BCUT2D eigenvalue weighted by Crippen LogP contribution is -2.55. The fraction of sp³-hybridized carbons (Fsp3) is 0.476. The molecule has 1 amide bonds. The van der Waals surface area contributed by atoms with Crippen molar-refractivity contribution in [2.24, 2.45) is 0 Å². The SMILES string of the molecule is COC(=O)c1cc(Cl)nc(Oc2cnc(N3CCN(C(=O)OC(C)(C)C)[C@@H](C)C3)nc2)c1. The van der Waals surface area contributed by atoms with E-state index in [2.05, 4.69) is 15.0 Å². The van der Waals surface area contributed by atoms with Gasteiger partial charge >= 0.3 is 12.1 Å². The fourth-order valence-electron chi connectivity index (χ4n) is 3.14. The third kappa shape index (κ3) is 5.97. The second-order valence-electron chi connectivity index (χ2n) is 8.30. The zero-order chi connectivity index (χ0) is 23.5. The van der Waals surface area contributed by atoms with E-state index in [1.165, 1.54) is 31.6 Å². The van der Waals surface area contributed by atoms with Crippen molar-refractivity contribution in [2.45, 2.75) is 39.3 Å². The highest BCUT2D eigenvalue weighted by Crippen LogP contribution is 2.24. The van der Waals surface area contributed by atoms with E-state index in [9.17, 15) is 9.59 Å². The zero-order valence-corrected chi connectivity index (χ0v) is 19.4. The van der Waals surface area contributed by atoms with Crippen LogP contribution in [0.2, 0.25) is 5.15 Å². The molecule has 1 aliphatic rings. The predicted octanol–water partition coefficient (Wildman–Crippen LogP) is 3.55. The number of aromatic nitrogens is 3. The summed E-state index contributed by atoms with van der Waals surface area (Å²) in [6, 6.07) is 2.74. The number of hydrogen-bond donors (Lipinski definition) is 0. The molecule has 0 spiro atoms. The summed E-state index contributed by atoms with van der Waals surface area (Å²) >= 11 is 5.95. The number of rotatable bonds is 4. The van der Waals surface area contributed by atoms with E-state index < -0.39 is 11.6 Å². The minimum Gasteiger partial charge on any atom is -0.465 e. The molecule has 0 N–H and O–H groups in total. The van der Waals surface area contributed by atoms with Crippen molar-refractivity contribution >= 4 is 29.6 Å². The lowest BCUT2D eigenvalue weighted by atomic mass is 10.2. The molecule has 0 radical (unpaired) electrons. The molecule has 1 fully saturated rings.